The molecule has 1 aromatic heterocycles. The highest BCUT2D eigenvalue weighted by Crippen LogP contribution is 2.30. The summed E-state index contributed by atoms with van der Waals surface area (Å²) >= 11 is 1.53. The Balaban J connectivity index is 3.15. The van der Waals surface area contributed by atoms with Crippen molar-refractivity contribution in [3.8, 4) is 0 Å². The lowest BCUT2D eigenvalue weighted by molar-refractivity contribution is 0.0965. The summed E-state index contributed by atoms with van der Waals surface area (Å²) in [5, 5.41) is 3.75. The predicted octanol–water partition coefficient (Wildman–Crippen LogP) is 3.14. The van der Waals surface area contributed by atoms with Gasteiger partial charge in [-0.15, -0.1) is 11.3 Å². The van der Waals surface area contributed by atoms with Gasteiger partial charge in [-0.1, -0.05) is 27.7 Å². The van der Waals surface area contributed by atoms with Crippen LogP contribution in [0.25, 0.3) is 0 Å². The van der Waals surface area contributed by atoms with Crippen LogP contribution in [0.5, 0.6) is 0 Å². The van der Waals surface area contributed by atoms with Crippen LogP contribution in [0.2, 0.25) is 0 Å². The predicted molar refractivity (Wildman–Crippen MR) is 68.3 cm³/mol. The van der Waals surface area contributed by atoms with Gasteiger partial charge in [0.2, 0.25) is 0 Å². The molecule has 90 valence electrons. The Labute approximate surface area is 101 Å². The first-order valence-corrected chi connectivity index (χ1v) is 6.55. The van der Waals surface area contributed by atoms with E-state index in [1.54, 1.807) is 7.05 Å². The van der Waals surface area contributed by atoms with Crippen LogP contribution in [0.4, 0.5) is 0 Å². The lowest BCUT2D eigenvalue weighted by Crippen LogP contribution is -2.18. The molecule has 1 aromatic rings. The van der Waals surface area contributed by atoms with Gasteiger partial charge in [-0.05, 0) is 12.3 Å². The van der Waals surface area contributed by atoms with Crippen molar-refractivity contribution in [1.82, 2.24) is 10.3 Å². The van der Waals surface area contributed by atoms with Crippen LogP contribution in [-0.4, -0.2) is 17.9 Å². The molecule has 0 radical (unpaired) electrons. The lowest BCUT2D eigenvalue weighted by Gasteiger charge is -2.03. The lowest BCUT2D eigenvalue weighted by atomic mass is 10.1. The second-order valence-electron chi connectivity index (χ2n) is 4.31. The van der Waals surface area contributed by atoms with Crippen molar-refractivity contribution in [1.29, 1.82) is 0 Å². The van der Waals surface area contributed by atoms with Crippen LogP contribution < -0.4 is 5.32 Å². The van der Waals surface area contributed by atoms with E-state index >= 15 is 0 Å². The maximum Gasteiger partial charge on any atom is 0.263 e. The Kier molecular flexibility index (Phi) is 4.47. The molecule has 1 atom stereocenters. The van der Waals surface area contributed by atoms with Crippen molar-refractivity contribution in [2.75, 3.05) is 7.05 Å². The van der Waals surface area contributed by atoms with E-state index in [4.69, 9.17) is 0 Å². The number of hydrogen-bond donors (Lipinski definition) is 1. The number of nitrogens with zero attached hydrogens (tertiary/aromatic N) is 1. The normalized spacial score (nSPS) is 12.9. The molecule has 1 N–H and O–H groups in total. The van der Waals surface area contributed by atoms with Gasteiger partial charge < -0.3 is 5.32 Å². The molecule has 0 aromatic carbocycles. The fraction of sp³-hybridized carbons (Fsp3) is 0.667. The third-order valence-electron chi connectivity index (χ3n) is 2.68. The number of rotatable bonds is 4. The van der Waals surface area contributed by atoms with Crippen molar-refractivity contribution >= 4 is 17.2 Å². The monoisotopic (exact) mass is 240 g/mol. The first-order chi connectivity index (χ1) is 7.51. The fourth-order valence-electron chi connectivity index (χ4n) is 1.40. The van der Waals surface area contributed by atoms with Crippen molar-refractivity contribution in [3.05, 3.63) is 15.6 Å². The largest absolute Gasteiger partial charge is 0.354 e. The fourth-order valence-corrected chi connectivity index (χ4v) is 2.70. The van der Waals surface area contributed by atoms with Gasteiger partial charge in [0.1, 0.15) is 4.88 Å². The molecular weight excluding hydrogens is 220 g/mol. The zero-order valence-corrected chi connectivity index (χ0v) is 11.4. The van der Waals surface area contributed by atoms with E-state index in [1.165, 1.54) is 11.3 Å². The summed E-state index contributed by atoms with van der Waals surface area (Å²) in [5.41, 5.74) is 0.930. The van der Waals surface area contributed by atoms with Gasteiger partial charge in [0.05, 0.1) is 10.7 Å². The number of carbonyl (C=O) groups is 1. The molecule has 4 heteroatoms. The number of nitrogens with one attached hydrogen (secondary N) is 1. The van der Waals surface area contributed by atoms with E-state index < -0.39 is 0 Å². The second kappa shape index (κ2) is 5.43. The van der Waals surface area contributed by atoms with Crippen molar-refractivity contribution in [2.45, 2.75) is 46.0 Å². The first-order valence-electron chi connectivity index (χ1n) is 5.73. The zero-order chi connectivity index (χ0) is 12.3. The molecule has 0 fully saturated rings. The van der Waals surface area contributed by atoms with Gasteiger partial charge in [0.15, 0.2) is 0 Å². The number of thiazole rings is 1. The summed E-state index contributed by atoms with van der Waals surface area (Å²) in [5.74, 6) is 0.706. The Morgan fingerprint density at radius 2 is 2.06 bits per heavy atom. The maximum absolute atomic E-state index is 11.7. The summed E-state index contributed by atoms with van der Waals surface area (Å²) in [6, 6.07) is 0. The van der Waals surface area contributed by atoms with Crippen LogP contribution in [0.1, 0.15) is 66.3 Å². The average molecular weight is 240 g/mol. The summed E-state index contributed by atoms with van der Waals surface area (Å²) in [7, 11) is 1.66. The molecule has 0 bridgehead atoms. The molecule has 1 unspecified atom stereocenters. The van der Waals surface area contributed by atoms with Crippen LogP contribution in [0, 0.1) is 0 Å². The summed E-state index contributed by atoms with van der Waals surface area (Å²) in [4.78, 5) is 17.1. The maximum atomic E-state index is 11.7. The van der Waals surface area contributed by atoms with Crippen molar-refractivity contribution < 1.29 is 4.79 Å². The quantitative estimate of drug-likeness (QED) is 0.878. The molecule has 0 spiro atoms. The molecule has 0 aliphatic carbocycles. The van der Waals surface area contributed by atoms with E-state index in [0.717, 1.165) is 22.0 Å². The van der Waals surface area contributed by atoms with Gasteiger partial charge in [0.25, 0.3) is 5.91 Å². The summed E-state index contributed by atoms with van der Waals surface area (Å²) in [6.45, 7) is 8.43. The standard InChI is InChI=1S/C12H20N2OS/c1-6-8(4)12-14-9(7(2)3)10(16-12)11(15)13-5/h7-8H,6H2,1-5H3,(H,13,15). The van der Waals surface area contributed by atoms with Crippen LogP contribution >= 0.6 is 11.3 Å². The van der Waals surface area contributed by atoms with Crippen molar-refractivity contribution in [2.24, 2.45) is 0 Å². The molecule has 0 aliphatic rings. The van der Waals surface area contributed by atoms with Crippen LogP contribution in [-0.2, 0) is 0 Å². The molecule has 3 nitrogen and oxygen atoms in total. The summed E-state index contributed by atoms with van der Waals surface area (Å²) in [6.07, 6.45) is 1.05. The van der Waals surface area contributed by atoms with Gasteiger partial charge >= 0.3 is 0 Å². The molecule has 0 aliphatic heterocycles. The number of carbonyl (C=O) groups excluding carboxylic acids is 1. The Bertz CT molecular complexity index is 371. The molecule has 1 rings (SSSR count). The topological polar surface area (TPSA) is 42.0 Å². The minimum Gasteiger partial charge on any atom is -0.354 e. The van der Waals surface area contributed by atoms with Gasteiger partial charge in [-0.2, -0.15) is 0 Å². The highest BCUT2D eigenvalue weighted by atomic mass is 32.1. The van der Waals surface area contributed by atoms with Crippen LogP contribution in [0.3, 0.4) is 0 Å². The molecule has 1 amide bonds. The Morgan fingerprint density at radius 3 is 2.50 bits per heavy atom. The summed E-state index contributed by atoms with van der Waals surface area (Å²) < 4.78 is 0. The third kappa shape index (κ3) is 2.61. The highest BCUT2D eigenvalue weighted by Gasteiger charge is 2.21. The van der Waals surface area contributed by atoms with Gasteiger partial charge in [0, 0.05) is 13.0 Å². The number of amides is 1. The van der Waals surface area contributed by atoms with E-state index in [2.05, 4.69) is 38.0 Å². The first kappa shape index (κ1) is 13.2. The molecule has 0 saturated heterocycles. The van der Waals surface area contributed by atoms with Gasteiger partial charge in [-0.3, -0.25) is 4.79 Å². The van der Waals surface area contributed by atoms with E-state index in [-0.39, 0.29) is 5.91 Å². The van der Waals surface area contributed by atoms with E-state index in [9.17, 15) is 4.79 Å². The molecular formula is C12H20N2OS. The Hall–Kier alpha value is -0.900. The minimum atomic E-state index is -0.0178. The smallest absolute Gasteiger partial charge is 0.263 e. The number of aromatic nitrogens is 1. The Morgan fingerprint density at radius 1 is 1.44 bits per heavy atom. The van der Waals surface area contributed by atoms with E-state index in [1.807, 2.05) is 0 Å². The molecule has 16 heavy (non-hydrogen) atoms. The van der Waals surface area contributed by atoms with Crippen molar-refractivity contribution in [3.63, 3.8) is 0 Å². The number of hydrogen-bond acceptors (Lipinski definition) is 3. The van der Waals surface area contributed by atoms with Crippen LogP contribution in [0.15, 0.2) is 0 Å². The molecule has 1 heterocycles. The third-order valence-corrected chi connectivity index (χ3v) is 3.99. The highest BCUT2D eigenvalue weighted by molar-refractivity contribution is 7.13. The average Bonchev–Trinajstić information content (AvgIpc) is 2.71. The van der Waals surface area contributed by atoms with Gasteiger partial charge in [-0.25, -0.2) is 4.98 Å². The zero-order valence-electron chi connectivity index (χ0n) is 10.6. The SMILES string of the molecule is CCC(C)c1nc(C(C)C)c(C(=O)NC)s1. The molecule has 0 saturated carbocycles. The minimum absolute atomic E-state index is 0.0178. The van der Waals surface area contributed by atoms with E-state index in [0.29, 0.717) is 11.8 Å². The second-order valence-corrected chi connectivity index (χ2v) is 5.34.